The predicted molar refractivity (Wildman–Crippen MR) is 57.3 cm³/mol. The van der Waals surface area contributed by atoms with Gasteiger partial charge in [0.25, 0.3) is 0 Å². The zero-order valence-corrected chi connectivity index (χ0v) is 9.21. The molecule has 0 spiro atoms. The van der Waals surface area contributed by atoms with Crippen LogP contribution in [0.5, 0.6) is 0 Å². The summed E-state index contributed by atoms with van der Waals surface area (Å²) < 4.78 is 17.0. The molecule has 0 saturated carbocycles. The summed E-state index contributed by atoms with van der Waals surface area (Å²) in [5.74, 6) is -0.204. The van der Waals surface area contributed by atoms with E-state index in [0.29, 0.717) is 0 Å². The lowest BCUT2D eigenvalue weighted by Crippen LogP contribution is -2.16. The minimum atomic E-state index is -1.38. The van der Waals surface area contributed by atoms with E-state index in [1.165, 1.54) is 12.1 Å². The topological polar surface area (TPSA) is 12.4 Å². The summed E-state index contributed by atoms with van der Waals surface area (Å²) in [5.41, 5.74) is 0.962. The summed E-state index contributed by atoms with van der Waals surface area (Å²) in [7, 11) is -1.38. The molecule has 1 nitrogen and oxygen atoms in total. The van der Waals surface area contributed by atoms with Crippen LogP contribution in [0.15, 0.2) is 28.9 Å². The molecule has 0 heterocycles. The highest BCUT2D eigenvalue weighted by Crippen LogP contribution is 2.04. The maximum atomic E-state index is 12.5. The van der Waals surface area contributed by atoms with Gasteiger partial charge in [-0.05, 0) is 37.3 Å². The third kappa shape index (κ3) is 3.99. The van der Waals surface area contributed by atoms with E-state index in [-0.39, 0.29) is 5.82 Å². The van der Waals surface area contributed by atoms with E-state index in [9.17, 15) is 4.39 Å². The summed E-state index contributed by atoms with van der Waals surface area (Å²) in [4.78, 5) is 0. The number of hydrogen-bond acceptors (Lipinski definition) is 1. The van der Waals surface area contributed by atoms with E-state index in [4.69, 9.17) is 0 Å². The minimum Gasteiger partial charge on any atom is -0.329 e. The first-order chi connectivity index (χ1) is 5.97. The molecule has 13 heavy (non-hydrogen) atoms. The van der Waals surface area contributed by atoms with Gasteiger partial charge in [-0.25, -0.2) is 4.39 Å². The Morgan fingerprint density at radius 2 is 1.69 bits per heavy atom. The van der Waals surface area contributed by atoms with Gasteiger partial charge >= 0.3 is 0 Å². The zero-order chi connectivity index (χ0) is 9.90. The van der Waals surface area contributed by atoms with Crippen molar-refractivity contribution >= 4 is 14.5 Å². The van der Waals surface area contributed by atoms with Crippen molar-refractivity contribution in [3.05, 3.63) is 35.6 Å². The van der Waals surface area contributed by atoms with E-state index >= 15 is 0 Å². The molecule has 0 aliphatic heterocycles. The molecule has 0 fully saturated rings. The molecule has 0 aliphatic rings. The first-order valence-corrected chi connectivity index (χ1v) is 7.73. The molecule has 1 rings (SSSR count). The van der Waals surface area contributed by atoms with Gasteiger partial charge in [-0.1, -0.05) is 12.1 Å². The average molecular weight is 195 g/mol. The third-order valence-electron chi connectivity index (χ3n) is 1.47. The Bertz CT molecular complexity index is 298. The molecule has 1 aromatic carbocycles. The molecule has 1 aromatic rings. The molecule has 70 valence electrons. The lowest BCUT2D eigenvalue weighted by Gasteiger charge is -2.07. The molecule has 0 unspecified atom stereocenters. The first kappa shape index (κ1) is 10.1. The van der Waals surface area contributed by atoms with Crippen LogP contribution in [0.1, 0.15) is 5.56 Å². The summed E-state index contributed by atoms with van der Waals surface area (Å²) in [5, 5.41) is 0. The molecule has 0 aromatic heterocycles. The Hall–Kier alpha value is -0.963. The molecule has 0 saturated heterocycles. The highest BCUT2D eigenvalue weighted by molar-refractivity contribution is 6.75. The standard InChI is InChI=1S/C10H14FNSi/c1-13(2,3)12-8-9-4-6-10(11)7-5-9/h4-8H,1-3H3. The third-order valence-corrected chi connectivity index (χ3v) is 2.37. The maximum absolute atomic E-state index is 12.5. The van der Waals surface area contributed by atoms with Crippen molar-refractivity contribution < 1.29 is 4.39 Å². The molecule has 0 bridgehead atoms. The number of hydrogen-bond donors (Lipinski definition) is 0. The van der Waals surface area contributed by atoms with Crippen molar-refractivity contribution in [3.63, 3.8) is 0 Å². The fourth-order valence-corrected chi connectivity index (χ4v) is 1.35. The van der Waals surface area contributed by atoms with E-state index in [0.717, 1.165) is 5.56 Å². The Morgan fingerprint density at radius 3 is 2.15 bits per heavy atom. The quantitative estimate of drug-likeness (QED) is 0.508. The van der Waals surface area contributed by atoms with E-state index in [1.54, 1.807) is 12.1 Å². The van der Waals surface area contributed by atoms with Crippen molar-refractivity contribution in [3.8, 4) is 0 Å². The second-order valence-corrected chi connectivity index (χ2v) is 8.58. The van der Waals surface area contributed by atoms with Crippen LogP contribution in [-0.2, 0) is 0 Å². The fourth-order valence-electron chi connectivity index (χ4n) is 0.817. The Balaban J connectivity index is 2.75. The van der Waals surface area contributed by atoms with Crippen LogP contribution in [0, 0.1) is 5.82 Å². The van der Waals surface area contributed by atoms with Gasteiger partial charge in [0.1, 0.15) is 5.82 Å². The van der Waals surface area contributed by atoms with Gasteiger partial charge in [-0.2, -0.15) is 0 Å². The van der Waals surface area contributed by atoms with Gasteiger partial charge in [-0.15, -0.1) is 0 Å². The van der Waals surface area contributed by atoms with Crippen molar-refractivity contribution in [2.45, 2.75) is 19.6 Å². The van der Waals surface area contributed by atoms with Crippen LogP contribution in [0.4, 0.5) is 4.39 Å². The summed E-state index contributed by atoms with van der Waals surface area (Å²) in [6, 6.07) is 6.37. The second kappa shape index (κ2) is 3.83. The second-order valence-electron chi connectivity index (χ2n) is 3.98. The average Bonchev–Trinajstić information content (AvgIpc) is 2.02. The van der Waals surface area contributed by atoms with Crippen LogP contribution in [0.25, 0.3) is 0 Å². The summed E-state index contributed by atoms with van der Waals surface area (Å²) >= 11 is 0. The molecule has 0 amide bonds. The largest absolute Gasteiger partial charge is 0.329 e. The van der Waals surface area contributed by atoms with Crippen LogP contribution in [-0.4, -0.2) is 14.5 Å². The highest BCUT2D eigenvalue weighted by atomic mass is 28.3. The highest BCUT2D eigenvalue weighted by Gasteiger charge is 2.08. The molecule has 3 heteroatoms. The lowest BCUT2D eigenvalue weighted by atomic mass is 10.2. The molecular weight excluding hydrogens is 181 g/mol. The van der Waals surface area contributed by atoms with Crippen LogP contribution < -0.4 is 0 Å². The van der Waals surface area contributed by atoms with Crippen LogP contribution in [0.3, 0.4) is 0 Å². The molecule has 0 N–H and O–H groups in total. The van der Waals surface area contributed by atoms with Crippen molar-refractivity contribution in [2.75, 3.05) is 0 Å². The Morgan fingerprint density at radius 1 is 1.15 bits per heavy atom. The SMILES string of the molecule is C[Si](C)(C)N=Cc1ccc(F)cc1. The van der Waals surface area contributed by atoms with Crippen LogP contribution >= 0.6 is 0 Å². The van der Waals surface area contributed by atoms with Gasteiger partial charge in [0.15, 0.2) is 8.24 Å². The smallest absolute Gasteiger partial charge is 0.172 e. The number of nitrogens with zero attached hydrogens (tertiary/aromatic N) is 1. The monoisotopic (exact) mass is 195 g/mol. The van der Waals surface area contributed by atoms with Gasteiger partial charge in [-0.3, -0.25) is 0 Å². The van der Waals surface area contributed by atoms with Gasteiger partial charge < -0.3 is 4.66 Å². The van der Waals surface area contributed by atoms with E-state index in [1.807, 2.05) is 6.21 Å². The van der Waals surface area contributed by atoms with Gasteiger partial charge in [0.05, 0.1) is 0 Å². The first-order valence-electron chi connectivity index (χ1n) is 4.28. The number of benzene rings is 1. The maximum Gasteiger partial charge on any atom is 0.172 e. The lowest BCUT2D eigenvalue weighted by molar-refractivity contribution is 0.628. The summed E-state index contributed by atoms with van der Waals surface area (Å²) in [6.45, 7) is 6.48. The van der Waals surface area contributed by atoms with Crippen molar-refractivity contribution in [1.29, 1.82) is 0 Å². The fraction of sp³-hybridized carbons (Fsp3) is 0.300. The number of rotatable bonds is 2. The summed E-state index contributed by atoms with van der Waals surface area (Å²) in [6.07, 6.45) is 1.83. The minimum absolute atomic E-state index is 0.204. The molecule has 0 radical (unpaired) electrons. The Labute approximate surface area is 79.4 Å². The van der Waals surface area contributed by atoms with Crippen LogP contribution in [0.2, 0.25) is 19.6 Å². The van der Waals surface area contributed by atoms with E-state index < -0.39 is 8.24 Å². The predicted octanol–water partition coefficient (Wildman–Crippen LogP) is 3.08. The zero-order valence-electron chi connectivity index (χ0n) is 8.21. The van der Waals surface area contributed by atoms with Gasteiger partial charge in [0.2, 0.25) is 0 Å². The van der Waals surface area contributed by atoms with E-state index in [2.05, 4.69) is 24.3 Å². The normalized spacial score (nSPS) is 12.3. The molecule has 0 atom stereocenters. The molecular formula is C10H14FNSi. The van der Waals surface area contributed by atoms with Crippen molar-refractivity contribution in [2.24, 2.45) is 4.66 Å². The molecule has 0 aliphatic carbocycles. The number of halogens is 1. The Kier molecular flexibility index (Phi) is 2.98. The van der Waals surface area contributed by atoms with Crippen molar-refractivity contribution in [1.82, 2.24) is 0 Å². The van der Waals surface area contributed by atoms with Gasteiger partial charge in [0, 0.05) is 6.21 Å².